The summed E-state index contributed by atoms with van der Waals surface area (Å²) in [5.41, 5.74) is -0.679. The minimum atomic E-state index is -4.75. The molecule has 0 aromatic carbocycles. The third-order valence-electron chi connectivity index (χ3n) is 9.02. The molecule has 7 rings (SSSR count). The van der Waals surface area contributed by atoms with Crippen molar-refractivity contribution in [2.75, 3.05) is 55.4 Å². The molecule has 0 radical (unpaired) electrons. The zero-order valence-electron chi connectivity index (χ0n) is 24.8. The smallest absolute Gasteiger partial charge is 0.396 e. The molecular formula is C30H35F3N6O4S2. The molecule has 0 amide bonds. The monoisotopic (exact) mass is 664 g/mol. The number of alkyl halides is 3. The van der Waals surface area contributed by atoms with Crippen molar-refractivity contribution in [2.24, 2.45) is 0 Å². The van der Waals surface area contributed by atoms with E-state index in [1.165, 1.54) is 6.07 Å². The average Bonchev–Trinajstić information content (AvgIpc) is 3.94. The SMILES string of the molecule is C[C@@H]1CN(c2ccc(Nc3ncc(C(F)(F)F)c(-c4cc5c(s4)C4(CC4)OCCS5(=O)=O)n3)c(C3CC3)n2)CCN1CCCO. The molecule has 2 N–H and O–H groups in total. The van der Waals surface area contributed by atoms with Crippen LogP contribution in [-0.2, 0) is 26.4 Å². The Labute approximate surface area is 263 Å². The summed E-state index contributed by atoms with van der Waals surface area (Å²) in [5, 5.41) is 12.3. The maximum absolute atomic E-state index is 14.2. The number of fused-ring (bicyclic) bond motifs is 2. The van der Waals surface area contributed by atoms with Gasteiger partial charge < -0.3 is 20.1 Å². The third-order valence-corrected chi connectivity index (χ3v) is 12.2. The Bertz CT molecular complexity index is 1710. The number of hydrogen-bond acceptors (Lipinski definition) is 11. The van der Waals surface area contributed by atoms with Gasteiger partial charge in [-0.2, -0.15) is 13.2 Å². The number of halogens is 3. The normalized spacial score (nSPS) is 22.7. The Morgan fingerprint density at radius 1 is 1.20 bits per heavy atom. The largest absolute Gasteiger partial charge is 0.420 e. The van der Waals surface area contributed by atoms with Crippen molar-refractivity contribution >= 4 is 38.6 Å². The predicted octanol–water partition coefficient (Wildman–Crippen LogP) is 4.93. The van der Waals surface area contributed by atoms with Crippen molar-refractivity contribution < 1.29 is 31.4 Å². The first-order valence-electron chi connectivity index (χ1n) is 15.3. The summed E-state index contributed by atoms with van der Waals surface area (Å²) in [7, 11) is -3.72. The minimum absolute atomic E-state index is 0.0237. The molecule has 10 nitrogen and oxygen atoms in total. The number of aromatic nitrogens is 3. The van der Waals surface area contributed by atoms with Gasteiger partial charge in [0.2, 0.25) is 5.95 Å². The van der Waals surface area contributed by atoms with E-state index in [9.17, 15) is 26.7 Å². The van der Waals surface area contributed by atoms with Gasteiger partial charge in [-0.1, -0.05) is 0 Å². The van der Waals surface area contributed by atoms with Crippen LogP contribution in [-0.4, -0.2) is 84.6 Å². The fraction of sp³-hybridized carbons (Fsp3) is 0.567. The van der Waals surface area contributed by atoms with Crippen LogP contribution >= 0.6 is 11.3 Å². The van der Waals surface area contributed by atoms with Crippen LogP contribution in [0.3, 0.4) is 0 Å². The Morgan fingerprint density at radius 3 is 2.69 bits per heavy atom. The highest BCUT2D eigenvalue weighted by atomic mass is 32.2. The van der Waals surface area contributed by atoms with Crippen molar-refractivity contribution in [3.63, 3.8) is 0 Å². The highest BCUT2D eigenvalue weighted by Gasteiger charge is 2.52. The molecular weight excluding hydrogens is 629 g/mol. The first-order chi connectivity index (χ1) is 21.5. The molecule has 2 aliphatic heterocycles. The Hall–Kier alpha value is -2.85. The second-order valence-corrected chi connectivity index (χ2v) is 15.5. The molecule has 242 valence electrons. The molecule has 1 atom stereocenters. The highest BCUT2D eigenvalue weighted by Crippen LogP contribution is 2.56. The van der Waals surface area contributed by atoms with Crippen LogP contribution in [0, 0.1) is 0 Å². The molecule has 3 aromatic heterocycles. The highest BCUT2D eigenvalue weighted by molar-refractivity contribution is 7.91. The standard InChI is InChI=1S/C30H35F3N6O4S2/c1-18-17-39(11-10-38(18)9-2-12-40)24-6-5-21(25(36-24)19-3-4-19)35-28-34-16-20(30(31,32)33)26(37-28)22-15-23-27(44-22)29(7-8-29)43-13-14-45(23,41)42/h5-6,15-16,18-19,40H,2-4,7-14,17H2,1H3,(H,34,35,37)/t18-/m1/s1. The van der Waals surface area contributed by atoms with Crippen LogP contribution in [0.4, 0.5) is 30.6 Å². The Kier molecular flexibility index (Phi) is 7.83. The Morgan fingerprint density at radius 2 is 2.00 bits per heavy atom. The lowest BCUT2D eigenvalue weighted by atomic mass is 10.1. The second-order valence-electron chi connectivity index (χ2n) is 12.3. The van der Waals surface area contributed by atoms with Crippen molar-refractivity contribution in [2.45, 2.75) is 67.7 Å². The summed E-state index contributed by atoms with van der Waals surface area (Å²) in [6.45, 7) is 5.72. The fourth-order valence-electron chi connectivity index (χ4n) is 6.23. The predicted molar refractivity (Wildman–Crippen MR) is 164 cm³/mol. The summed E-state index contributed by atoms with van der Waals surface area (Å²) < 4.78 is 74.5. The van der Waals surface area contributed by atoms with E-state index in [2.05, 4.69) is 32.0 Å². The number of piperazine rings is 1. The second kappa shape index (κ2) is 11.4. The number of nitrogens with zero attached hydrogens (tertiary/aromatic N) is 5. The van der Waals surface area contributed by atoms with Gasteiger partial charge in [0.1, 0.15) is 17.0 Å². The van der Waals surface area contributed by atoms with Gasteiger partial charge in [0.25, 0.3) is 0 Å². The van der Waals surface area contributed by atoms with E-state index in [-0.39, 0.29) is 46.3 Å². The van der Waals surface area contributed by atoms with Crippen LogP contribution in [0.5, 0.6) is 0 Å². The van der Waals surface area contributed by atoms with Crippen LogP contribution in [0.1, 0.15) is 61.1 Å². The average molecular weight is 665 g/mol. The fourth-order valence-corrected chi connectivity index (χ4v) is 9.35. The lowest BCUT2D eigenvalue weighted by Crippen LogP contribution is -2.52. The quantitative estimate of drug-likeness (QED) is 0.343. The maximum atomic E-state index is 14.2. The van der Waals surface area contributed by atoms with Gasteiger partial charge in [0.05, 0.1) is 44.1 Å². The van der Waals surface area contributed by atoms with Crippen molar-refractivity contribution in [1.82, 2.24) is 19.9 Å². The number of anilines is 3. The van der Waals surface area contributed by atoms with E-state index < -0.39 is 27.2 Å². The first kappa shape index (κ1) is 30.8. The van der Waals surface area contributed by atoms with Crippen molar-refractivity contribution in [3.8, 4) is 10.6 Å². The number of thiophene rings is 1. The molecule has 1 saturated heterocycles. The zero-order valence-corrected chi connectivity index (χ0v) is 26.4. The molecule has 4 aliphatic rings. The summed E-state index contributed by atoms with van der Waals surface area (Å²) in [5.74, 6) is 0.843. The Balaban J connectivity index is 1.20. The van der Waals surface area contributed by atoms with Crippen LogP contribution < -0.4 is 10.2 Å². The van der Waals surface area contributed by atoms with Gasteiger partial charge in [-0.05, 0) is 57.2 Å². The number of nitrogens with one attached hydrogen (secondary N) is 1. The number of ether oxygens (including phenoxy) is 1. The first-order valence-corrected chi connectivity index (χ1v) is 17.8. The molecule has 2 aliphatic carbocycles. The van der Waals surface area contributed by atoms with Gasteiger partial charge in [0, 0.05) is 50.9 Å². The maximum Gasteiger partial charge on any atom is 0.420 e. The molecule has 1 spiro atoms. The number of pyridine rings is 1. The summed E-state index contributed by atoms with van der Waals surface area (Å²) in [6, 6.07) is 5.41. The third kappa shape index (κ3) is 6.04. The van der Waals surface area contributed by atoms with Crippen molar-refractivity contribution in [3.05, 3.63) is 40.5 Å². The molecule has 0 unspecified atom stereocenters. The number of sulfone groups is 1. The van der Waals surface area contributed by atoms with Gasteiger partial charge in [-0.15, -0.1) is 11.3 Å². The molecule has 0 bridgehead atoms. The number of hydrogen-bond donors (Lipinski definition) is 2. The molecule has 45 heavy (non-hydrogen) atoms. The molecule has 3 aromatic rings. The van der Waals surface area contributed by atoms with Gasteiger partial charge in [-0.25, -0.2) is 23.4 Å². The van der Waals surface area contributed by atoms with E-state index in [0.717, 1.165) is 74.5 Å². The lowest BCUT2D eigenvalue weighted by Gasteiger charge is -2.40. The zero-order chi connectivity index (χ0) is 31.6. The molecule has 15 heteroatoms. The summed E-state index contributed by atoms with van der Waals surface area (Å²) >= 11 is 1.00. The van der Waals surface area contributed by atoms with E-state index in [1.807, 2.05) is 12.1 Å². The van der Waals surface area contributed by atoms with E-state index in [0.29, 0.717) is 29.4 Å². The van der Waals surface area contributed by atoms with Gasteiger partial charge in [-0.3, -0.25) is 4.90 Å². The van der Waals surface area contributed by atoms with Crippen molar-refractivity contribution in [1.29, 1.82) is 0 Å². The van der Waals surface area contributed by atoms with Crippen LogP contribution in [0.25, 0.3) is 10.6 Å². The summed E-state index contributed by atoms with van der Waals surface area (Å²) in [6.07, 6.45) is -0.0605. The summed E-state index contributed by atoms with van der Waals surface area (Å²) in [4.78, 5) is 18.6. The molecule has 2 saturated carbocycles. The van der Waals surface area contributed by atoms with Gasteiger partial charge in [0.15, 0.2) is 9.84 Å². The molecule has 5 heterocycles. The van der Waals surface area contributed by atoms with E-state index in [4.69, 9.17) is 9.72 Å². The molecule has 3 fully saturated rings. The van der Waals surface area contributed by atoms with Crippen LogP contribution in [0.15, 0.2) is 29.3 Å². The van der Waals surface area contributed by atoms with E-state index in [1.54, 1.807) is 0 Å². The van der Waals surface area contributed by atoms with Gasteiger partial charge >= 0.3 is 6.18 Å². The number of aliphatic hydroxyl groups excluding tert-OH is 1. The van der Waals surface area contributed by atoms with Crippen LogP contribution in [0.2, 0.25) is 0 Å². The topological polar surface area (TPSA) is 121 Å². The minimum Gasteiger partial charge on any atom is -0.396 e. The lowest BCUT2D eigenvalue weighted by molar-refractivity contribution is -0.137. The number of aliphatic hydroxyl groups is 1. The van der Waals surface area contributed by atoms with E-state index >= 15 is 0 Å². The number of rotatable bonds is 8.